The highest BCUT2D eigenvalue weighted by molar-refractivity contribution is 6.07. The standard InChI is InChI=1S/C21H25N3O/c1-3-16-8-9-17(22-14-16)15-24-12-10-21(11-13-24)18-6-4-5-7-19(18)23(2)20(21)25/h4-9,14H,3,10-13,15H2,1-2H3. The first-order valence-corrected chi connectivity index (χ1v) is 9.18. The number of piperidine rings is 1. The van der Waals surface area contributed by atoms with Gasteiger partial charge in [-0.3, -0.25) is 14.7 Å². The molecule has 0 atom stereocenters. The molecule has 2 aromatic rings. The number of aryl methyl sites for hydroxylation is 1. The van der Waals surface area contributed by atoms with Crippen LogP contribution in [0.25, 0.3) is 0 Å². The smallest absolute Gasteiger partial charge is 0.237 e. The molecule has 3 heterocycles. The van der Waals surface area contributed by atoms with Gasteiger partial charge in [0.1, 0.15) is 0 Å². The van der Waals surface area contributed by atoms with Gasteiger partial charge >= 0.3 is 0 Å². The molecule has 0 N–H and O–H groups in total. The Kier molecular flexibility index (Phi) is 4.08. The van der Waals surface area contributed by atoms with Crippen molar-refractivity contribution in [2.75, 3.05) is 25.0 Å². The number of benzene rings is 1. The van der Waals surface area contributed by atoms with Crippen LogP contribution in [0.15, 0.2) is 42.6 Å². The van der Waals surface area contributed by atoms with Crippen molar-refractivity contribution in [1.29, 1.82) is 0 Å². The highest BCUT2D eigenvalue weighted by Crippen LogP contribution is 2.47. The summed E-state index contributed by atoms with van der Waals surface area (Å²) in [6.45, 7) is 4.89. The molecule has 0 saturated carbocycles. The SMILES string of the molecule is CCc1ccc(CN2CCC3(CC2)C(=O)N(C)c2ccccc23)nc1. The zero-order valence-electron chi connectivity index (χ0n) is 15.0. The normalized spacial score (nSPS) is 19.4. The Morgan fingerprint density at radius 3 is 2.56 bits per heavy atom. The Labute approximate surface area is 149 Å². The van der Waals surface area contributed by atoms with Gasteiger partial charge in [-0.25, -0.2) is 0 Å². The molecule has 0 aliphatic carbocycles. The first-order chi connectivity index (χ1) is 12.1. The first kappa shape index (κ1) is 16.3. The quantitative estimate of drug-likeness (QED) is 0.864. The van der Waals surface area contributed by atoms with Gasteiger partial charge in [-0.05, 0) is 55.6 Å². The molecule has 1 spiro atoms. The molecule has 2 aliphatic rings. The third kappa shape index (κ3) is 2.65. The summed E-state index contributed by atoms with van der Waals surface area (Å²) in [6, 6.07) is 12.6. The maximum Gasteiger partial charge on any atom is 0.237 e. The van der Waals surface area contributed by atoms with Crippen molar-refractivity contribution in [3.05, 3.63) is 59.4 Å². The zero-order chi connectivity index (χ0) is 17.4. The molecule has 25 heavy (non-hydrogen) atoms. The average Bonchev–Trinajstić information content (AvgIpc) is 2.87. The highest BCUT2D eigenvalue weighted by Gasteiger charge is 2.50. The van der Waals surface area contributed by atoms with E-state index in [0.29, 0.717) is 0 Å². The lowest BCUT2D eigenvalue weighted by molar-refractivity contribution is -0.124. The third-order valence-electron chi connectivity index (χ3n) is 5.88. The van der Waals surface area contributed by atoms with Crippen LogP contribution in [0.4, 0.5) is 5.69 Å². The molecule has 1 fully saturated rings. The number of nitrogens with zero attached hydrogens (tertiary/aromatic N) is 3. The third-order valence-corrected chi connectivity index (χ3v) is 5.88. The molecule has 1 amide bonds. The minimum Gasteiger partial charge on any atom is -0.314 e. The van der Waals surface area contributed by atoms with Crippen LogP contribution in [0.1, 0.15) is 36.6 Å². The van der Waals surface area contributed by atoms with E-state index in [9.17, 15) is 4.79 Å². The Bertz CT molecular complexity index is 776. The summed E-state index contributed by atoms with van der Waals surface area (Å²) in [5, 5.41) is 0. The van der Waals surface area contributed by atoms with Crippen molar-refractivity contribution in [2.24, 2.45) is 0 Å². The monoisotopic (exact) mass is 335 g/mol. The molecule has 4 heteroatoms. The van der Waals surface area contributed by atoms with E-state index in [2.05, 4.69) is 47.1 Å². The summed E-state index contributed by atoms with van der Waals surface area (Å²) in [4.78, 5) is 21.8. The summed E-state index contributed by atoms with van der Waals surface area (Å²) < 4.78 is 0. The Morgan fingerprint density at radius 1 is 1.12 bits per heavy atom. The van der Waals surface area contributed by atoms with Gasteiger partial charge in [0.2, 0.25) is 5.91 Å². The lowest BCUT2D eigenvalue weighted by atomic mass is 9.73. The van der Waals surface area contributed by atoms with E-state index in [1.165, 1.54) is 11.1 Å². The zero-order valence-corrected chi connectivity index (χ0v) is 15.0. The predicted octanol–water partition coefficient (Wildman–Crippen LogP) is 3.15. The van der Waals surface area contributed by atoms with Crippen LogP contribution in [0, 0.1) is 0 Å². The second-order valence-electron chi connectivity index (χ2n) is 7.25. The lowest BCUT2D eigenvalue weighted by Gasteiger charge is -2.38. The van der Waals surface area contributed by atoms with Gasteiger partial charge in [0.15, 0.2) is 0 Å². The number of para-hydroxylation sites is 1. The highest BCUT2D eigenvalue weighted by atomic mass is 16.2. The molecule has 1 aromatic carbocycles. The maximum absolute atomic E-state index is 13.0. The number of amides is 1. The van der Waals surface area contributed by atoms with Gasteiger partial charge in [-0.15, -0.1) is 0 Å². The predicted molar refractivity (Wildman–Crippen MR) is 99.7 cm³/mol. The van der Waals surface area contributed by atoms with E-state index in [0.717, 1.165) is 50.3 Å². The number of likely N-dealkylation sites (N-methyl/N-ethyl adjacent to an activating group) is 1. The van der Waals surface area contributed by atoms with Crippen LogP contribution in [0.2, 0.25) is 0 Å². The largest absolute Gasteiger partial charge is 0.314 e. The number of likely N-dealkylation sites (tertiary alicyclic amines) is 1. The van der Waals surface area contributed by atoms with Crippen molar-refractivity contribution in [2.45, 2.75) is 38.1 Å². The molecule has 1 aromatic heterocycles. The molecule has 130 valence electrons. The van der Waals surface area contributed by atoms with Crippen molar-refractivity contribution in [3.63, 3.8) is 0 Å². The summed E-state index contributed by atoms with van der Waals surface area (Å²) in [5.74, 6) is 0.263. The van der Waals surface area contributed by atoms with Gasteiger partial charge in [0.25, 0.3) is 0 Å². The first-order valence-electron chi connectivity index (χ1n) is 9.18. The van der Waals surface area contributed by atoms with Gasteiger partial charge in [0.05, 0.1) is 11.1 Å². The second-order valence-corrected chi connectivity index (χ2v) is 7.25. The van der Waals surface area contributed by atoms with Crippen LogP contribution >= 0.6 is 0 Å². The fourth-order valence-corrected chi connectivity index (χ4v) is 4.28. The number of rotatable bonds is 3. The Morgan fingerprint density at radius 2 is 1.88 bits per heavy atom. The lowest BCUT2D eigenvalue weighted by Crippen LogP contribution is -2.47. The molecular formula is C21H25N3O. The van der Waals surface area contributed by atoms with E-state index >= 15 is 0 Å². The Balaban J connectivity index is 1.48. The van der Waals surface area contributed by atoms with E-state index in [1.54, 1.807) is 0 Å². The van der Waals surface area contributed by atoms with Crippen LogP contribution < -0.4 is 4.90 Å². The van der Waals surface area contributed by atoms with Crippen LogP contribution in [0.5, 0.6) is 0 Å². The van der Waals surface area contributed by atoms with E-state index in [-0.39, 0.29) is 11.3 Å². The number of carbonyl (C=O) groups is 1. The fraction of sp³-hybridized carbons (Fsp3) is 0.429. The fourth-order valence-electron chi connectivity index (χ4n) is 4.28. The van der Waals surface area contributed by atoms with Gasteiger partial charge in [0, 0.05) is 25.5 Å². The van der Waals surface area contributed by atoms with E-state index in [1.807, 2.05) is 24.2 Å². The van der Waals surface area contributed by atoms with Crippen molar-refractivity contribution >= 4 is 11.6 Å². The van der Waals surface area contributed by atoms with Crippen LogP contribution in [0.3, 0.4) is 0 Å². The molecule has 4 nitrogen and oxygen atoms in total. The van der Waals surface area contributed by atoms with Gasteiger partial charge < -0.3 is 4.90 Å². The van der Waals surface area contributed by atoms with Crippen molar-refractivity contribution in [1.82, 2.24) is 9.88 Å². The summed E-state index contributed by atoms with van der Waals surface area (Å²) >= 11 is 0. The molecular weight excluding hydrogens is 310 g/mol. The summed E-state index contributed by atoms with van der Waals surface area (Å²) in [6.07, 6.45) is 4.78. The van der Waals surface area contributed by atoms with E-state index in [4.69, 9.17) is 0 Å². The molecule has 4 rings (SSSR count). The molecule has 1 saturated heterocycles. The summed E-state index contributed by atoms with van der Waals surface area (Å²) in [5.41, 5.74) is 4.37. The number of fused-ring (bicyclic) bond motifs is 2. The minimum absolute atomic E-state index is 0.263. The number of carbonyl (C=O) groups excluding carboxylic acids is 1. The Hall–Kier alpha value is -2.20. The molecule has 2 aliphatic heterocycles. The number of anilines is 1. The van der Waals surface area contributed by atoms with Crippen molar-refractivity contribution < 1.29 is 4.79 Å². The maximum atomic E-state index is 13.0. The van der Waals surface area contributed by atoms with Crippen LogP contribution in [-0.4, -0.2) is 35.9 Å². The van der Waals surface area contributed by atoms with Crippen LogP contribution in [-0.2, 0) is 23.2 Å². The second kappa shape index (κ2) is 6.26. The van der Waals surface area contributed by atoms with Gasteiger partial charge in [-0.1, -0.05) is 31.2 Å². The molecule has 0 radical (unpaired) electrons. The average molecular weight is 335 g/mol. The van der Waals surface area contributed by atoms with E-state index < -0.39 is 0 Å². The summed E-state index contributed by atoms with van der Waals surface area (Å²) in [7, 11) is 1.90. The molecule has 0 bridgehead atoms. The minimum atomic E-state index is -0.318. The topological polar surface area (TPSA) is 36.4 Å². The molecule has 0 unspecified atom stereocenters. The number of hydrogen-bond acceptors (Lipinski definition) is 3. The number of hydrogen-bond donors (Lipinski definition) is 0. The van der Waals surface area contributed by atoms with Crippen molar-refractivity contribution in [3.8, 4) is 0 Å². The number of pyridine rings is 1. The number of aromatic nitrogens is 1. The van der Waals surface area contributed by atoms with Gasteiger partial charge in [-0.2, -0.15) is 0 Å².